The first-order chi connectivity index (χ1) is 6.18. The lowest BCUT2D eigenvalue weighted by Gasteiger charge is -1.98. The Balaban J connectivity index is 2.62. The lowest BCUT2D eigenvalue weighted by molar-refractivity contribution is 0.0695. The fourth-order valence-electron chi connectivity index (χ4n) is 1.41. The van der Waals surface area contributed by atoms with Crippen LogP contribution in [-0.4, -0.2) is 16.1 Å². The molecule has 0 fully saturated rings. The zero-order chi connectivity index (χ0) is 9.42. The lowest BCUT2D eigenvalue weighted by atomic mass is 10.1. The Hall–Kier alpha value is -1.62. The Morgan fingerprint density at radius 3 is 2.92 bits per heavy atom. The van der Waals surface area contributed by atoms with Gasteiger partial charge in [-0.2, -0.15) is 0 Å². The Morgan fingerprint density at radius 2 is 2.23 bits per heavy atom. The van der Waals surface area contributed by atoms with Gasteiger partial charge in [-0.25, -0.2) is 4.79 Å². The molecule has 0 unspecified atom stereocenters. The number of fused-ring (bicyclic) bond motifs is 1. The lowest BCUT2D eigenvalue weighted by Crippen LogP contribution is -2.19. The van der Waals surface area contributed by atoms with E-state index in [1.807, 2.05) is 0 Å². The third-order valence-electron chi connectivity index (χ3n) is 2.06. The molecule has 1 aliphatic heterocycles. The van der Waals surface area contributed by atoms with E-state index in [1.165, 1.54) is 6.07 Å². The molecule has 0 atom stereocenters. The number of rotatable bonds is 1. The molecule has 3 N–H and O–H groups in total. The van der Waals surface area contributed by atoms with Gasteiger partial charge in [0.05, 0.1) is 0 Å². The maximum atomic E-state index is 11.2. The first kappa shape index (κ1) is 8.00. The summed E-state index contributed by atoms with van der Waals surface area (Å²) in [7, 11) is 0. The highest BCUT2D eigenvalue weighted by atomic mass is 16.4. The molecule has 0 radical (unpaired) electrons. The molecule has 2 heterocycles. The highest BCUT2D eigenvalue weighted by Crippen LogP contribution is 2.11. The molecule has 0 bridgehead atoms. The van der Waals surface area contributed by atoms with E-state index >= 15 is 0 Å². The number of nitrogens with one attached hydrogen (secondary N) is 2. The van der Waals surface area contributed by atoms with Gasteiger partial charge in [0, 0.05) is 18.8 Å². The first-order valence-electron chi connectivity index (χ1n) is 3.87. The molecule has 0 saturated heterocycles. The molecule has 2 rings (SSSR count). The average Bonchev–Trinajstić information content (AvgIpc) is 2.48. The van der Waals surface area contributed by atoms with Crippen LogP contribution in [-0.2, 0) is 13.1 Å². The number of hydrogen-bond acceptors (Lipinski definition) is 3. The SMILES string of the molecule is O=C(O)c1cc2c([nH]c1=O)CNC2. The van der Waals surface area contributed by atoms with Crippen LogP contribution >= 0.6 is 0 Å². The summed E-state index contributed by atoms with van der Waals surface area (Å²) in [4.78, 5) is 24.3. The summed E-state index contributed by atoms with van der Waals surface area (Å²) in [6.45, 7) is 1.22. The van der Waals surface area contributed by atoms with Crippen molar-refractivity contribution in [3.8, 4) is 0 Å². The number of carbonyl (C=O) groups is 1. The number of aromatic carboxylic acids is 1. The number of carboxylic acid groups (broad SMARTS) is 1. The van der Waals surface area contributed by atoms with Gasteiger partial charge in [-0.3, -0.25) is 4.79 Å². The van der Waals surface area contributed by atoms with Gasteiger partial charge in [-0.15, -0.1) is 0 Å². The predicted octanol–water partition coefficient (Wildman–Crippen LogP) is -0.324. The van der Waals surface area contributed by atoms with Crippen molar-refractivity contribution in [3.05, 3.63) is 33.2 Å². The Kier molecular flexibility index (Phi) is 1.66. The molecule has 5 nitrogen and oxygen atoms in total. The Morgan fingerprint density at radius 1 is 1.46 bits per heavy atom. The van der Waals surface area contributed by atoms with Crippen molar-refractivity contribution in [1.82, 2.24) is 10.3 Å². The van der Waals surface area contributed by atoms with Crippen LogP contribution < -0.4 is 10.9 Å². The van der Waals surface area contributed by atoms with Gasteiger partial charge in [0.25, 0.3) is 5.56 Å². The van der Waals surface area contributed by atoms with Gasteiger partial charge in [0.2, 0.25) is 0 Å². The van der Waals surface area contributed by atoms with E-state index < -0.39 is 11.5 Å². The van der Waals surface area contributed by atoms with Gasteiger partial charge in [-0.05, 0) is 11.6 Å². The quantitative estimate of drug-likeness (QED) is 0.553. The second kappa shape index (κ2) is 2.70. The second-order valence-corrected chi connectivity index (χ2v) is 2.92. The van der Waals surface area contributed by atoms with Crippen LogP contribution in [0, 0.1) is 0 Å². The van der Waals surface area contributed by atoms with Crippen LogP contribution in [0.3, 0.4) is 0 Å². The van der Waals surface area contributed by atoms with Crippen LogP contribution in [0.5, 0.6) is 0 Å². The number of aromatic amines is 1. The van der Waals surface area contributed by atoms with Crippen LogP contribution in [0.15, 0.2) is 10.9 Å². The number of hydrogen-bond donors (Lipinski definition) is 3. The normalized spacial score (nSPS) is 14.2. The summed E-state index contributed by atoms with van der Waals surface area (Å²) >= 11 is 0. The van der Waals surface area contributed by atoms with Crippen LogP contribution in [0.4, 0.5) is 0 Å². The van der Waals surface area contributed by atoms with Gasteiger partial charge in [-0.1, -0.05) is 0 Å². The van der Waals surface area contributed by atoms with E-state index in [-0.39, 0.29) is 5.56 Å². The van der Waals surface area contributed by atoms with E-state index in [1.54, 1.807) is 0 Å². The third kappa shape index (κ3) is 1.23. The Labute approximate surface area is 73.4 Å². The molecule has 68 valence electrons. The molecular weight excluding hydrogens is 172 g/mol. The fraction of sp³-hybridized carbons (Fsp3) is 0.250. The maximum absolute atomic E-state index is 11.2. The van der Waals surface area contributed by atoms with Crippen molar-refractivity contribution >= 4 is 5.97 Å². The van der Waals surface area contributed by atoms with E-state index in [0.717, 1.165) is 11.3 Å². The topological polar surface area (TPSA) is 82.2 Å². The third-order valence-corrected chi connectivity index (χ3v) is 2.06. The number of H-pyrrole nitrogens is 1. The summed E-state index contributed by atoms with van der Waals surface area (Å²) in [6, 6.07) is 1.43. The molecule has 0 aromatic carbocycles. The van der Waals surface area contributed by atoms with Crippen molar-refractivity contribution in [2.24, 2.45) is 0 Å². The molecular formula is C8H8N2O3. The summed E-state index contributed by atoms with van der Waals surface area (Å²) in [5, 5.41) is 11.7. The smallest absolute Gasteiger partial charge is 0.341 e. The molecule has 1 aromatic heterocycles. The summed E-state index contributed by atoms with van der Waals surface area (Å²) in [6.07, 6.45) is 0. The molecule has 13 heavy (non-hydrogen) atoms. The van der Waals surface area contributed by atoms with E-state index in [9.17, 15) is 9.59 Å². The average molecular weight is 180 g/mol. The van der Waals surface area contributed by atoms with Crippen LogP contribution in [0.1, 0.15) is 21.6 Å². The zero-order valence-corrected chi connectivity index (χ0v) is 6.76. The molecule has 5 heteroatoms. The van der Waals surface area contributed by atoms with Crippen LogP contribution in [0.2, 0.25) is 0 Å². The monoisotopic (exact) mass is 180 g/mol. The van der Waals surface area contributed by atoms with Crippen molar-refractivity contribution in [2.45, 2.75) is 13.1 Å². The Bertz CT molecular complexity index is 422. The summed E-state index contributed by atoms with van der Waals surface area (Å²) in [5.41, 5.74) is 0.921. The molecule has 0 saturated carbocycles. The highest BCUT2D eigenvalue weighted by molar-refractivity contribution is 5.87. The van der Waals surface area contributed by atoms with Crippen molar-refractivity contribution in [1.29, 1.82) is 0 Å². The first-order valence-corrected chi connectivity index (χ1v) is 3.87. The van der Waals surface area contributed by atoms with Crippen molar-refractivity contribution < 1.29 is 9.90 Å². The molecule has 0 amide bonds. The minimum absolute atomic E-state index is 0.192. The highest BCUT2D eigenvalue weighted by Gasteiger charge is 2.16. The van der Waals surface area contributed by atoms with Gasteiger partial charge >= 0.3 is 5.97 Å². The summed E-state index contributed by atoms with van der Waals surface area (Å²) in [5.74, 6) is -1.18. The van der Waals surface area contributed by atoms with Crippen LogP contribution in [0.25, 0.3) is 0 Å². The number of aromatic nitrogens is 1. The minimum atomic E-state index is -1.18. The molecule has 0 aliphatic carbocycles. The molecule has 0 spiro atoms. The van der Waals surface area contributed by atoms with E-state index in [4.69, 9.17) is 5.11 Å². The standard InChI is InChI=1S/C8H8N2O3/c11-7-5(8(12)13)1-4-2-9-3-6(4)10-7/h1,9H,2-3H2,(H,10,11)(H,12,13). The molecule has 1 aliphatic rings. The maximum Gasteiger partial charge on any atom is 0.341 e. The van der Waals surface area contributed by atoms with Gasteiger partial charge in [0.1, 0.15) is 5.56 Å². The molecule has 1 aromatic rings. The predicted molar refractivity (Wildman–Crippen MR) is 44.6 cm³/mol. The van der Waals surface area contributed by atoms with E-state index in [2.05, 4.69) is 10.3 Å². The van der Waals surface area contributed by atoms with Gasteiger partial charge < -0.3 is 15.4 Å². The van der Waals surface area contributed by atoms with Gasteiger partial charge in [0.15, 0.2) is 0 Å². The number of pyridine rings is 1. The second-order valence-electron chi connectivity index (χ2n) is 2.92. The fourth-order valence-corrected chi connectivity index (χ4v) is 1.41. The largest absolute Gasteiger partial charge is 0.477 e. The van der Waals surface area contributed by atoms with Crippen molar-refractivity contribution in [3.63, 3.8) is 0 Å². The summed E-state index contributed by atoms with van der Waals surface area (Å²) < 4.78 is 0. The van der Waals surface area contributed by atoms with E-state index in [0.29, 0.717) is 13.1 Å². The minimum Gasteiger partial charge on any atom is -0.477 e. The zero-order valence-electron chi connectivity index (χ0n) is 6.76. The van der Waals surface area contributed by atoms with Crippen molar-refractivity contribution in [2.75, 3.05) is 0 Å². The number of carboxylic acids is 1.